The van der Waals surface area contributed by atoms with Gasteiger partial charge >= 0.3 is 5.97 Å². The van der Waals surface area contributed by atoms with Crippen molar-refractivity contribution in [3.05, 3.63) is 99.8 Å². The number of aliphatic carboxylic acids is 1. The second-order valence-corrected chi connectivity index (χ2v) is 14.3. The highest BCUT2D eigenvalue weighted by atomic mass is 35.5. The largest absolute Gasteiger partial charge is 0.481 e. The molecule has 1 amide bonds. The second kappa shape index (κ2) is 11.4. The fourth-order valence-electron chi connectivity index (χ4n) is 6.13. The van der Waals surface area contributed by atoms with E-state index in [4.69, 9.17) is 23.2 Å². The molecule has 3 aromatic carbocycles. The van der Waals surface area contributed by atoms with E-state index < -0.39 is 51.5 Å². The standard InChI is InChI=1S/C31H30Cl2FNO5S/c1-31(17-28(36)37)16-26(21-3-2-4-23(33)15-21)29(20-7-9-22(32)10-8-20)35(30(31)38)27(19-5-6-19)18-41(39,40)25-13-11-24(34)12-14-25/h2-4,7-15,19,26-27,29H,5-6,16-18H2,1H3,(H,36,37)/t26?,27-,29-,31-/m1/s1. The van der Waals surface area contributed by atoms with E-state index in [0.717, 1.165) is 36.1 Å². The first-order chi connectivity index (χ1) is 19.4. The molecule has 1 aliphatic carbocycles. The average Bonchev–Trinajstić information content (AvgIpc) is 3.75. The number of rotatable bonds is 9. The third-order valence-electron chi connectivity index (χ3n) is 8.22. The molecule has 1 heterocycles. The predicted octanol–water partition coefficient (Wildman–Crippen LogP) is 6.92. The molecule has 41 heavy (non-hydrogen) atoms. The summed E-state index contributed by atoms with van der Waals surface area (Å²) in [6.07, 6.45) is 1.29. The van der Waals surface area contributed by atoms with Gasteiger partial charge in [0.25, 0.3) is 0 Å². The Morgan fingerprint density at radius 2 is 1.68 bits per heavy atom. The molecule has 0 spiro atoms. The number of halogens is 3. The molecule has 5 rings (SSSR count). The van der Waals surface area contributed by atoms with E-state index in [2.05, 4.69) is 0 Å². The number of hydrogen-bond donors (Lipinski definition) is 1. The number of hydrogen-bond acceptors (Lipinski definition) is 4. The van der Waals surface area contributed by atoms with Gasteiger partial charge in [-0.05, 0) is 84.8 Å². The maximum Gasteiger partial charge on any atom is 0.304 e. The Labute approximate surface area is 249 Å². The first-order valence-corrected chi connectivity index (χ1v) is 15.8. The van der Waals surface area contributed by atoms with Crippen LogP contribution in [0.15, 0.2) is 77.7 Å². The Balaban J connectivity index is 1.68. The zero-order valence-corrected chi connectivity index (χ0v) is 24.7. The van der Waals surface area contributed by atoms with Gasteiger partial charge in [-0.3, -0.25) is 9.59 Å². The third-order valence-corrected chi connectivity index (χ3v) is 10.5. The highest BCUT2D eigenvalue weighted by Crippen LogP contribution is 2.54. The van der Waals surface area contributed by atoms with Crippen molar-refractivity contribution in [1.82, 2.24) is 4.90 Å². The van der Waals surface area contributed by atoms with Crippen molar-refractivity contribution in [2.75, 3.05) is 5.75 Å². The summed E-state index contributed by atoms with van der Waals surface area (Å²) in [7, 11) is -3.93. The SMILES string of the molecule is C[C@]1(CC(=O)O)CC(c2cccc(Cl)c2)[C@@H](c2ccc(Cl)cc2)N([C@H](CS(=O)(=O)c2ccc(F)cc2)C2CC2)C1=O. The van der Waals surface area contributed by atoms with Gasteiger partial charge < -0.3 is 10.0 Å². The number of carbonyl (C=O) groups excluding carboxylic acids is 1. The van der Waals surface area contributed by atoms with Crippen LogP contribution in [0.4, 0.5) is 4.39 Å². The van der Waals surface area contributed by atoms with Crippen LogP contribution < -0.4 is 0 Å². The molecule has 1 aliphatic heterocycles. The lowest BCUT2D eigenvalue weighted by Gasteiger charge is -2.52. The molecule has 2 aliphatic rings. The van der Waals surface area contributed by atoms with Crippen molar-refractivity contribution in [3.8, 4) is 0 Å². The molecule has 0 radical (unpaired) electrons. The summed E-state index contributed by atoms with van der Waals surface area (Å²) in [5, 5.41) is 10.8. The number of piperidine rings is 1. The van der Waals surface area contributed by atoms with E-state index in [-0.39, 0.29) is 28.9 Å². The van der Waals surface area contributed by atoms with Crippen molar-refractivity contribution in [3.63, 3.8) is 0 Å². The summed E-state index contributed by atoms with van der Waals surface area (Å²) >= 11 is 12.6. The molecule has 1 unspecified atom stereocenters. The Hall–Kier alpha value is -2.94. The van der Waals surface area contributed by atoms with Gasteiger partial charge in [0.1, 0.15) is 5.82 Å². The number of sulfone groups is 1. The fourth-order valence-corrected chi connectivity index (χ4v) is 8.08. The van der Waals surface area contributed by atoms with E-state index in [0.29, 0.717) is 10.0 Å². The molecule has 2 fully saturated rings. The lowest BCUT2D eigenvalue weighted by Crippen LogP contribution is -2.58. The lowest BCUT2D eigenvalue weighted by atomic mass is 9.67. The minimum Gasteiger partial charge on any atom is -0.481 e. The second-order valence-electron chi connectivity index (χ2n) is 11.3. The van der Waals surface area contributed by atoms with Crippen LogP contribution in [0.1, 0.15) is 55.7 Å². The number of carboxylic acids is 1. The molecule has 1 saturated heterocycles. The summed E-state index contributed by atoms with van der Waals surface area (Å²) in [5.41, 5.74) is 0.284. The van der Waals surface area contributed by atoms with Gasteiger partial charge in [-0.25, -0.2) is 12.8 Å². The van der Waals surface area contributed by atoms with Crippen molar-refractivity contribution >= 4 is 44.9 Å². The van der Waals surface area contributed by atoms with Gasteiger partial charge in [-0.15, -0.1) is 0 Å². The van der Waals surface area contributed by atoms with Crippen molar-refractivity contribution < 1.29 is 27.5 Å². The van der Waals surface area contributed by atoms with Gasteiger partial charge in [0.05, 0.1) is 28.5 Å². The van der Waals surface area contributed by atoms with Gasteiger partial charge in [0.15, 0.2) is 9.84 Å². The molecule has 1 saturated carbocycles. The van der Waals surface area contributed by atoms with E-state index in [1.54, 1.807) is 30.0 Å². The Morgan fingerprint density at radius 3 is 2.27 bits per heavy atom. The molecule has 0 aromatic heterocycles. The van der Waals surface area contributed by atoms with E-state index >= 15 is 0 Å². The predicted molar refractivity (Wildman–Crippen MR) is 155 cm³/mol. The first kappa shape index (κ1) is 29.5. The topological polar surface area (TPSA) is 91.8 Å². The van der Waals surface area contributed by atoms with Gasteiger partial charge in [0, 0.05) is 22.0 Å². The molecule has 3 aromatic rings. The third kappa shape index (κ3) is 6.30. The van der Waals surface area contributed by atoms with Crippen molar-refractivity contribution in [2.24, 2.45) is 11.3 Å². The lowest BCUT2D eigenvalue weighted by molar-refractivity contribution is -0.160. The number of amides is 1. The van der Waals surface area contributed by atoms with Crippen molar-refractivity contribution in [2.45, 2.75) is 55.5 Å². The van der Waals surface area contributed by atoms with Crippen LogP contribution in [0, 0.1) is 17.2 Å². The van der Waals surface area contributed by atoms with E-state index in [1.807, 2.05) is 30.3 Å². The molecule has 216 valence electrons. The number of likely N-dealkylation sites (tertiary alicyclic amines) is 1. The maximum atomic E-state index is 14.5. The maximum absolute atomic E-state index is 14.5. The summed E-state index contributed by atoms with van der Waals surface area (Å²) in [6.45, 7) is 1.64. The normalized spacial score (nSPS) is 23.8. The smallest absolute Gasteiger partial charge is 0.304 e. The van der Waals surface area contributed by atoms with Crippen LogP contribution in [-0.4, -0.2) is 42.1 Å². The molecule has 4 atom stereocenters. The zero-order valence-electron chi connectivity index (χ0n) is 22.3. The van der Waals surface area contributed by atoms with Gasteiger partial charge in [-0.2, -0.15) is 0 Å². The van der Waals surface area contributed by atoms with E-state index in [1.165, 1.54) is 12.1 Å². The summed E-state index contributed by atoms with van der Waals surface area (Å²) in [6, 6.07) is 17.7. The quantitative estimate of drug-likeness (QED) is 0.263. The average molecular weight is 619 g/mol. The number of nitrogens with zero attached hydrogens (tertiary/aromatic N) is 1. The first-order valence-electron chi connectivity index (χ1n) is 13.4. The zero-order chi connectivity index (χ0) is 29.5. The molecular weight excluding hydrogens is 588 g/mol. The minimum atomic E-state index is -3.93. The summed E-state index contributed by atoms with van der Waals surface area (Å²) in [5.74, 6) is -2.90. The number of carbonyl (C=O) groups is 2. The van der Waals surface area contributed by atoms with Crippen LogP contribution in [0.3, 0.4) is 0 Å². The van der Waals surface area contributed by atoms with Crippen LogP contribution in [0.5, 0.6) is 0 Å². The summed E-state index contributed by atoms with van der Waals surface area (Å²) in [4.78, 5) is 28.1. The Morgan fingerprint density at radius 1 is 1.02 bits per heavy atom. The molecule has 6 nitrogen and oxygen atoms in total. The molecule has 10 heteroatoms. The minimum absolute atomic E-state index is 0.0308. The van der Waals surface area contributed by atoms with Crippen LogP contribution in [0.25, 0.3) is 0 Å². The van der Waals surface area contributed by atoms with Crippen molar-refractivity contribution in [1.29, 1.82) is 0 Å². The summed E-state index contributed by atoms with van der Waals surface area (Å²) < 4.78 is 40.9. The van der Waals surface area contributed by atoms with Crippen LogP contribution >= 0.6 is 23.2 Å². The van der Waals surface area contributed by atoms with Crippen LogP contribution in [0.2, 0.25) is 10.0 Å². The highest BCUT2D eigenvalue weighted by Gasteiger charge is 2.55. The van der Waals surface area contributed by atoms with Gasteiger partial charge in [0.2, 0.25) is 5.91 Å². The Kier molecular flexibility index (Phi) is 8.21. The fraction of sp³-hybridized carbons (Fsp3) is 0.355. The number of benzene rings is 3. The van der Waals surface area contributed by atoms with Crippen LogP contribution in [-0.2, 0) is 19.4 Å². The molecule has 1 N–H and O–H groups in total. The molecule has 0 bridgehead atoms. The molecular formula is C31H30Cl2FNO5S. The van der Waals surface area contributed by atoms with E-state index in [9.17, 15) is 27.5 Å². The monoisotopic (exact) mass is 617 g/mol. The highest BCUT2D eigenvalue weighted by molar-refractivity contribution is 7.91. The van der Waals surface area contributed by atoms with Gasteiger partial charge in [-0.1, -0.05) is 54.4 Å². The number of carboxylic acid groups (broad SMARTS) is 1. The Bertz CT molecular complexity index is 1560.